The minimum atomic E-state index is -0.973. The quantitative estimate of drug-likeness (QED) is 0.755. The lowest BCUT2D eigenvalue weighted by atomic mass is 9.84. The van der Waals surface area contributed by atoms with Crippen molar-refractivity contribution in [1.82, 2.24) is 0 Å². The summed E-state index contributed by atoms with van der Waals surface area (Å²) >= 11 is 0. The molecule has 0 saturated carbocycles. The summed E-state index contributed by atoms with van der Waals surface area (Å²) in [6.07, 6.45) is 2.62. The van der Waals surface area contributed by atoms with Crippen LogP contribution in [0.1, 0.15) is 36.5 Å². The van der Waals surface area contributed by atoms with Crippen molar-refractivity contribution in [3.63, 3.8) is 0 Å². The normalized spacial score (nSPS) is 15.1. The fourth-order valence-electron chi connectivity index (χ4n) is 2.57. The molecule has 0 fully saturated rings. The predicted octanol–water partition coefficient (Wildman–Crippen LogP) is 3.96. The van der Waals surface area contributed by atoms with Gasteiger partial charge in [0.25, 0.3) is 0 Å². The Morgan fingerprint density at radius 3 is 2.14 bits per heavy atom. The van der Waals surface area contributed by atoms with Crippen molar-refractivity contribution in [2.24, 2.45) is 0 Å². The Labute approximate surface area is 126 Å². The highest BCUT2D eigenvalue weighted by Crippen LogP contribution is 2.33. The Morgan fingerprint density at radius 1 is 1.00 bits per heavy atom. The van der Waals surface area contributed by atoms with Crippen LogP contribution in [0, 0.1) is 0 Å². The van der Waals surface area contributed by atoms with Gasteiger partial charge in [0, 0.05) is 0 Å². The topological polar surface area (TPSA) is 40.5 Å². The molecule has 0 saturated heterocycles. The van der Waals surface area contributed by atoms with Gasteiger partial charge in [-0.1, -0.05) is 66.7 Å². The lowest BCUT2D eigenvalue weighted by Gasteiger charge is -2.28. The molecular weight excluding hydrogens is 260 g/mol. The average molecular weight is 282 g/mol. The highest BCUT2D eigenvalue weighted by molar-refractivity contribution is 5.23. The van der Waals surface area contributed by atoms with Gasteiger partial charge in [-0.05, 0) is 30.4 Å². The summed E-state index contributed by atoms with van der Waals surface area (Å²) in [5.41, 5.74) is 0.773. The van der Waals surface area contributed by atoms with Crippen LogP contribution in [0.2, 0.25) is 0 Å². The fraction of sp³-hybridized carbons (Fsp3) is 0.263. The van der Waals surface area contributed by atoms with E-state index in [1.807, 2.05) is 60.7 Å². The zero-order valence-corrected chi connectivity index (χ0v) is 12.2. The van der Waals surface area contributed by atoms with Crippen LogP contribution in [-0.4, -0.2) is 10.2 Å². The number of rotatable bonds is 7. The second-order valence-electron chi connectivity index (χ2n) is 5.36. The highest BCUT2D eigenvalue weighted by atomic mass is 16.3. The molecular formula is C19H22O2. The molecule has 2 aromatic carbocycles. The first-order chi connectivity index (χ1) is 10.2. The number of hydrogen-bond acceptors (Lipinski definition) is 2. The molecule has 0 aliphatic rings. The lowest BCUT2D eigenvalue weighted by molar-refractivity contribution is 0.0137. The van der Waals surface area contributed by atoms with E-state index >= 15 is 0 Å². The Kier molecular flexibility index (Phi) is 5.32. The van der Waals surface area contributed by atoms with Gasteiger partial charge in [0.2, 0.25) is 0 Å². The largest absolute Gasteiger partial charge is 0.388 e. The maximum Gasteiger partial charge on any atom is 0.0931 e. The smallest absolute Gasteiger partial charge is 0.0931 e. The van der Waals surface area contributed by atoms with Gasteiger partial charge < -0.3 is 10.2 Å². The molecule has 0 amide bonds. The van der Waals surface area contributed by atoms with Crippen LogP contribution >= 0.6 is 0 Å². The Balaban J connectivity index is 2.09. The first-order valence-electron chi connectivity index (χ1n) is 7.27. The van der Waals surface area contributed by atoms with Crippen LogP contribution in [0.15, 0.2) is 73.3 Å². The first-order valence-corrected chi connectivity index (χ1v) is 7.27. The number of hydrogen-bond donors (Lipinski definition) is 2. The van der Waals surface area contributed by atoms with E-state index in [9.17, 15) is 10.2 Å². The molecule has 0 bridgehead atoms. The molecule has 2 heteroatoms. The Hall–Kier alpha value is -1.90. The van der Waals surface area contributed by atoms with Crippen LogP contribution in [0.25, 0.3) is 0 Å². The maximum absolute atomic E-state index is 10.9. The summed E-state index contributed by atoms with van der Waals surface area (Å²) in [6, 6.07) is 19.1. The lowest BCUT2D eigenvalue weighted by Crippen LogP contribution is -2.25. The van der Waals surface area contributed by atoms with Crippen molar-refractivity contribution in [2.45, 2.75) is 31.0 Å². The van der Waals surface area contributed by atoms with Gasteiger partial charge in [0.15, 0.2) is 0 Å². The molecule has 0 aliphatic heterocycles. The third-order valence-electron chi connectivity index (χ3n) is 3.81. The Bertz CT molecular complexity index is 550. The summed E-state index contributed by atoms with van der Waals surface area (Å²) in [4.78, 5) is 0. The summed E-state index contributed by atoms with van der Waals surface area (Å²) in [5.74, 6) is 0. The maximum atomic E-state index is 10.9. The highest BCUT2D eigenvalue weighted by Gasteiger charge is 2.28. The number of benzene rings is 2. The van der Waals surface area contributed by atoms with Crippen molar-refractivity contribution in [3.05, 3.63) is 84.4 Å². The van der Waals surface area contributed by atoms with E-state index in [0.717, 1.165) is 11.1 Å². The zero-order valence-electron chi connectivity index (χ0n) is 12.2. The van der Waals surface area contributed by atoms with E-state index in [1.165, 1.54) is 0 Å². The van der Waals surface area contributed by atoms with E-state index in [2.05, 4.69) is 6.58 Å². The van der Waals surface area contributed by atoms with Gasteiger partial charge in [-0.2, -0.15) is 0 Å². The van der Waals surface area contributed by atoms with Crippen LogP contribution < -0.4 is 0 Å². The van der Waals surface area contributed by atoms with E-state index in [1.54, 1.807) is 6.08 Å². The van der Waals surface area contributed by atoms with E-state index < -0.39 is 11.7 Å². The fourth-order valence-corrected chi connectivity index (χ4v) is 2.57. The van der Waals surface area contributed by atoms with Crippen LogP contribution in [0.3, 0.4) is 0 Å². The summed E-state index contributed by atoms with van der Waals surface area (Å²) < 4.78 is 0. The molecule has 2 rings (SSSR count). The summed E-state index contributed by atoms with van der Waals surface area (Å²) in [6.45, 7) is 3.73. The summed E-state index contributed by atoms with van der Waals surface area (Å²) in [5, 5.41) is 21.2. The summed E-state index contributed by atoms with van der Waals surface area (Å²) in [7, 11) is 0. The molecule has 21 heavy (non-hydrogen) atoms. The van der Waals surface area contributed by atoms with Gasteiger partial charge >= 0.3 is 0 Å². The Morgan fingerprint density at radius 2 is 1.57 bits per heavy atom. The monoisotopic (exact) mass is 282 g/mol. The molecule has 2 atom stereocenters. The average Bonchev–Trinajstić information content (AvgIpc) is 2.54. The molecule has 0 spiro atoms. The van der Waals surface area contributed by atoms with E-state index in [-0.39, 0.29) is 0 Å². The van der Waals surface area contributed by atoms with E-state index in [0.29, 0.717) is 19.3 Å². The molecule has 2 aromatic rings. The minimum Gasteiger partial charge on any atom is -0.388 e. The van der Waals surface area contributed by atoms with E-state index in [4.69, 9.17) is 0 Å². The molecule has 0 aromatic heterocycles. The molecule has 0 aliphatic carbocycles. The van der Waals surface area contributed by atoms with Gasteiger partial charge in [-0.25, -0.2) is 0 Å². The molecule has 2 nitrogen and oxygen atoms in total. The standard InChI is InChI=1S/C19H22O2/c1-2-14-19(21,17-11-7-4-8-12-17)15-13-18(20)16-9-5-3-6-10-16/h2-12,18,20-21H,1,13-15H2. The van der Waals surface area contributed by atoms with Gasteiger partial charge in [-0.15, -0.1) is 6.58 Å². The van der Waals surface area contributed by atoms with Crippen molar-refractivity contribution in [1.29, 1.82) is 0 Å². The predicted molar refractivity (Wildman–Crippen MR) is 85.8 cm³/mol. The number of aliphatic hydroxyl groups excluding tert-OH is 1. The van der Waals surface area contributed by atoms with Crippen molar-refractivity contribution < 1.29 is 10.2 Å². The molecule has 110 valence electrons. The zero-order chi connectivity index (χ0) is 15.1. The molecule has 0 radical (unpaired) electrons. The van der Waals surface area contributed by atoms with Crippen LogP contribution in [0.5, 0.6) is 0 Å². The third kappa shape index (κ3) is 4.03. The second-order valence-corrected chi connectivity index (χ2v) is 5.36. The molecule has 0 heterocycles. The van der Waals surface area contributed by atoms with Crippen LogP contribution in [0.4, 0.5) is 0 Å². The van der Waals surface area contributed by atoms with Gasteiger partial charge in [-0.3, -0.25) is 0 Å². The molecule has 2 N–H and O–H groups in total. The van der Waals surface area contributed by atoms with Crippen molar-refractivity contribution in [3.8, 4) is 0 Å². The molecule has 2 unspecified atom stereocenters. The van der Waals surface area contributed by atoms with Crippen molar-refractivity contribution in [2.75, 3.05) is 0 Å². The van der Waals surface area contributed by atoms with Gasteiger partial charge in [0.1, 0.15) is 0 Å². The third-order valence-corrected chi connectivity index (χ3v) is 3.81. The SMILES string of the molecule is C=CCC(O)(CCC(O)c1ccccc1)c1ccccc1. The van der Waals surface area contributed by atoms with Gasteiger partial charge in [0.05, 0.1) is 11.7 Å². The minimum absolute atomic E-state index is 0.471. The second kappa shape index (κ2) is 7.21. The van der Waals surface area contributed by atoms with Crippen LogP contribution in [-0.2, 0) is 5.60 Å². The van der Waals surface area contributed by atoms with Crippen molar-refractivity contribution >= 4 is 0 Å². The first kappa shape index (κ1) is 15.5. The number of aliphatic hydroxyl groups is 2.